The standard InChI is InChI=1S/C24H22N2O4/c1-13(22-25-19(24(2,3)4)12-26(22)23(29)30)14-9-10-17-18(11-14)21(28)16-8-6-5-7-15(16)20(17)27/h5-13H,1-4H3,(H,29,30). The molecule has 1 atom stereocenters. The zero-order valence-corrected chi connectivity index (χ0v) is 17.3. The van der Waals surface area contributed by atoms with Gasteiger partial charge in [0.25, 0.3) is 0 Å². The molecule has 0 radical (unpaired) electrons. The van der Waals surface area contributed by atoms with Gasteiger partial charge in [-0.15, -0.1) is 0 Å². The summed E-state index contributed by atoms with van der Waals surface area (Å²) in [5, 5.41) is 9.64. The molecule has 0 amide bonds. The average molecular weight is 402 g/mol. The van der Waals surface area contributed by atoms with Crippen LogP contribution in [0.1, 0.15) is 82.5 Å². The van der Waals surface area contributed by atoms with Crippen LogP contribution in [0.3, 0.4) is 0 Å². The molecule has 3 aromatic rings. The molecule has 152 valence electrons. The van der Waals surface area contributed by atoms with E-state index in [4.69, 9.17) is 0 Å². The molecule has 6 nitrogen and oxygen atoms in total. The van der Waals surface area contributed by atoms with Crippen LogP contribution in [0.4, 0.5) is 4.79 Å². The zero-order chi connectivity index (χ0) is 21.8. The van der Waals surface area contributed by atoms with Crippen LogP contribution in [0.5, 0.6) is 0 Å². The number of hydrogen-bond donors (Lipinski definition) is 1. The first kappa shape index (κ1) is 19.8. The fourth-order valence-electron chi connectivity index (χ4n) is 3.75. The molecule has 4 rings (SSSR count). The molecule has 0 saturated carbocycles. The molecular weight excluding hydrogens is 380 g/mol. The van der Waals surface area contributed by atoms with E-state index in [0.29, 0.717) is 33.8 Å². The number of rotatable bonds is 2. The minimum Gasteiger partial charge on any atom is -0.464 e. The first-order chi connectivity index (χ1) is 14.1. The van der Waals surface area contributed by atoms with Crippen molar-refractivity contribution >= 4 is 17.7 Å². The van der Waals surface area contributed by atoms with Crippen LogP contribution in [-0.2, 0) is 5.41 Å². The highest BCUT2D eigenvalue weighted by Crippen LogP contribution is 2.32. The van der Waals surface area contributed by atoms with Crippen LogP contribution in [0.2, 0.25) is 0 Å². The second-order valence-electron chi connectivity index (χ2n) is 8.62. The number of carboxylic acid groups (broad SMARTS) is 1. The molecule has 1 aliphatic carbocycles. The average Bonchev–Trinajstić information content (AvgIpc) is 3.17. The summed E-state index contributed by atoms with van der Waals surface area (Å²) in [5.74, 6) is -0.391. The molecule has 0 saturated heterocycles. The normalized spacial score (nSPS) is 14.3. The molecule has 0 fully saturated rings. The van der Waals surface area contributed by atoms with E-state index in [-0.39, 0.29) is 22.9 Å². The van der Waals surface area contributed by atoms with Crippen molar-refractivity contribution in [2.75, 3.05) is 0 Å². The van der Waals surface area contributed by atoms with E-state index in [2.05, 4.69) is 4.98 Å². The van der Waals surface area contributed by atoms with Gasteiger partial charge in [0.05, 0.1) is 5.69 Å². The van der Waals surface area contributed by atoms with Crippen molar-refractivity contribution in [3.63, 3.8) is 0 Å². The number of ketones is 2. The van der Waals surface area contributed by atoms with Gasteiger partial charge >= 0.3 is 6.09 Å². The van der Waals surface area contributed by atoms with Gasteiger partial charge in [0.1, 0.15) is 5.82 Å². The smallest absolute Gasteiger partial charge is 0.417 e. The number of carbonyl (C=O) groups excluding carboxylic acids is 2. The molecule has 1 aliphatic rings. The molecule has 6 heteroatoms. The Morgan fingerprint density at radius 1 is 0.967 bits per heavy atom. The lowest BCUT2D eigenvalue weighted by Gasteiger charge is -2.20. The van der Waals surface area contributed by atoms with E-state index in [1.54, 1.807) is 42.5 Å². The lowest BCUT2D eigenvalue weighted by molar-refractivity contribution is 0.0979. The van der Waals surface area contributed by atoms with Crippen LogP contribution >= 0.6 is 0 Å². The molecule has 0 bridgehead atoms. The van der Waals surface area contributed by atoms with E-state index >= 15 is 0 Å². The predicted molar refractivity (Wildman–Crippen MR) is 112 cm³/mol. The Morgan fingerprint density at radius 2 is 1.53 bits per heavy atom. The van der Waals surface area contributed by atoms with Crippen molar-refractivity contribution in [1.29, 1.82) is 0 Å². The third-order valence-electron chi connectivity index (χ3n) is 5.54. The predicted octanol–water partition coefficient (Wildman–Crippen LogP) is 4.63. The highest BCUT2D eigenvalue weighted by atomic mass is 16.4. The summed E-state index contributed by atoms with van der Waals surface area (Å²) in [5.41, 5.74) is 2.60. The van der Waals surface area contributed by atoms with Gasteiger partial charge in [-0.3, -0.25) is 9.59 Å². The monoisotopic (exact) mass is 402 g/mol. The van der Waals surface area contributed by atoms with E-state index in [9.17, 15) is 19.5 Å². The molecule has 1 N–H and O–H groups in total. The summed E-state index contributed by atoms with van der Waals surface area (Å²) in [7, 11) is 0. The lowest BCUT2D eigenvalue weighted by atomic mass is 9.82. The first-order valence-electron chi connectivity index (χ1n) is 9.75. The number of benzene rings is 2. The van der Waals surface area contributed by atoms with Crippen molar-refractivity contribution in [2.45, 2.75) is 39.0 Å². The van der Waals surface area contributed by atoms with Crippen molar-refractivity contribution < 1.29 is 19.5 Å². The van der Waals surface area contributed by atoms with Crippen LogP contribution in [0.25, 0.3) is 0 Å². The molecular formula is C24H22N2O4. The molecule has 1 aromatic heterocycles. The van der Waals surface area contributed by atoms with Gasteiger partial charge in [-0.1, -0.05) is 58.0 Å². The van der Waals surface area contributed by atoms with Crippen LogP contribution in [-0.4, -0.2) is 32.3 Å². The van der Waals surface area contributed by atoms with Gasteiger partial charge in [0, 0.05) is 39.8 Å². The number of imidazole rings is 1. The maximum absolute atomic E-state index is 13.0. The van der Waals surface area contributed by atoms with E-state index in [1.807, 2.05) is 27.7 Å². The topological polar surface area (TPSA) is 89.3 Å². The zero-order valence-electron chi connectivity index (χ0n) is 17.3. The van der Waals surface area contributed by atoms with Crippen molar-refractivity contribution in [1.82, 2.24) is 9.55 Å². The van der Waals surface area contributed by atoms with Gasteiger partial charge in [0.2, 0.25) is 0 Å². The first-order valence-corrected chi connectivity index (χ1v) is 9.75. The summed E-state index contributed by atoms with van der Waals surface area (Å²) >= 11 is 0. The Labute approximate surface area is 174 Å². The minimum absolute atomic E-state index is 0.179. The van der Waals surface area contributed by atoms with Crippen molar-refractivity contribution in [2.24, 2.45) is 0 Å². The van der Waals surface area contributed by atoms with Gasteiger partial charge in [-0.2, -0.15) is 0 Å². The van der Waals surface area contributed by atoms with Crippen LogP contribution in [0.15, 0.2) is 48.7 Å². The van der Waals surface area contributed by atoms with Gasteiger partial charge < -0.3 is 5.11 Å². The molecule has 0 spiro atoms. The Balaban J connectivity index is 1.80. The fraction of sp³-hybridized carbons (Fsp3) is 0.250. The van der Waals surface area contributed by atoms with E-state index in [0.717, 1.165) is 10.1 Å². The highest BCUT2D eigenvalue weighted by molar-refractivity contribution is 6.28. The maximum Gasteiger partial charge on any atom is 0.417 e. The Hall–Kier alpha value is -3.54. The molecule has 1 unspecified atom stereocenters. The summed E-state index contributed by atoms with van der Waals surface area (Å²) in [6.07, 6.45) is 0.426. The molecule has 30 heavy (non-hydrogen) atoms. The second kappa shape index (κ2) is 6.76. The fourth-order valence-corrected chi connectivity index (χ4v) is 3.75. The van der Waals surface area contributed by atoms with Gasteiger partial charge in [-0.05, 0) is 17.7 Å². The molecule has 0 aliphatic heterocycles. The quantitative estimate of drug-likeness (QED) is 0.528. The number of carbonyl (C=O) groups is 3. The Bertz CT molecular complexity index is 1210. The minimum atomic E-state index is -1.11. The van der Waals surface area contributed by atoms with E-state index in [1.165, 1.54) is 6.20 Å². The third kappa shape index (κ3) is 3.05. The van der Waals surface area contributed by atoms with Crippen molar-refractivity contribution in [3.05, 3.63) is 88.0 Å². The summed E-state index contributed by atoms with van der Waals surface area (Å²) in [6.45, 7) is 7.75. The van der Waals surface area contributed by atoms with Crippen LogP contribution in [0, 0.1) is 0 Å². The highest BCUT2D eigenvalue weighted by Gasteiger charge is 2.31. The van der Waals surface area contributed by atoms with Gasteiger partial charge in [0.15, 0.2) is 11.6 Å². The molecule has 1 heterocycles. The Kier molecular flexibility index (Phi) is 4.45. The number of hydrogen-bond acceptors (Lipinski definition) is 4. The number of aromatic nitrogens is 2. The Morgan fingerprint density at radius 3 is 2.10 bits per heavy atom. The maximum atomic E-state index is 13.0. The number of nitrogens with zero attached hydrogens (tertiary/aromatic N) is 2. The number of fused-ring (bicyclic) bond motifs is 2. The molecule has 2 aromatic carbocycles. The third-order valence-corrected chi connectivity index (χ3v) is 5.54. The summed E-state index contributed by atoms with van der Waals surface area (Å²) < 4.78 is 1.13. The van der Waals surface area contributed by atoms with Gasteiger partial charge in [-0.25, -0.2) is 14.3 Å². The largest absolute Gasteiger partial charge is 0.464 e. The second-order valence-corrected chi connectivity index (χ2v) is 8.62. The SMILES string of the molecule is CC(c1ccc2c(c1)C(=O)c1ccccc1C2=O)c1nc(C(C)(C)C)cn1C(=O)O. The van der Waals surface area contributed by atoms with Crippen molar-refractivity contribution in [3.8, 4) is 0 Å². The van der Waals surface area contributed by atoms with Crippen LogP contribution < -0.4 is 0 Å². The summed E-state index contributed by atoms with van der Waals surface area (Å²) in [6, 6.07) is 11.9. The summed E-state index contributed by atoms with van der Waals surface area (Å²) in [4.78, 5) is 42.2. The lowest BCUT2D eigenvalue weighted by Crippen LogP contribution is -2.21. The van der Waals surface area contributed by atoms with E-state index < -0.39 is 6.09 Å².